The second-order valence-electron chi connectivity index (χ2n) is 5.55. The van der Waals surface area contributed by atoms with Crippen molar-refractivity contribution in [2.45, 2.75) is 18.8 Å². The Morgan fingerprint density at radius 1 is 1.20 bits per heavy atom. The Kier molecular flexibility index (Phi) is 4.76. The molecule has 20 heavy (non-hydrogen) atoms. The molecule has 0 spiro atoms. The first-order valence-electron chi connectivity index (χ1n) is 6.88. The predicted octanol–water partition coefficient (Wildman–Crippen LogP) is 2.86. The molecule has 0 unspecified atom stereocenters. The maximum atomic E-state index is 12.0. The van der Waals surface area contributed by atoms with E-state index in [2.05, 4.69) is 12.1 Å². The summed E-state index contributed by atoms with van der Waals surface area (Å²) in [6.07, 6.45) is 1.73. The monoisotopic (exact) mass is 291 g/mol. The predicted molar refractivity (Wildman–Crippen MR) is 83.7 cm³/mol. The maximum absolute atomic E-state index is 12.0. The molecule has 0 radical (unpaired) electrons. The Morgan fingerprint density at radius 3 is 2.35 bits per heavy atom. The number of thiocarbonyl (C=S) groups is 1. The zero-order valence-electron chi connectivity index (χ0n) is 12.2. The first kappa shape index (κ1) is 15.0. The van der Waals surface area contributed by atoms with E-state index in [1.165, 1.54) is 12.7 Å². The summed E-state index contributed by atoms with van der Waals surface area (Å²) < 4.78 is 4.96. The molecule has 0 N–H and O–H groups in total. The SMILES string of the molecule is COC(=O)[C@H]1C[C@H](c2ccccc2)C[C@H]1C(=S)N(C)C. The van der Waals surface area contributed by atoms with Crippen molar-refractivity contribution in [3.8, 4) is 0 Å². The standard InChI is InChI=1S/C16H21NO2S/c1-17(2)15(20)13-9-12(10-14(13)16(18)19-3)11-7-5-4-6-8-11/h4-8,12-14H,9-10H2,1-3H3/t12-,13-,14+/m1/s1. The van der Waals surface area contributed by atoms with Gasteiger partial charge in [-0.15, -0.1) is 0 Å². The Labute approximate surface area is 125 Å². The van der Waals surface area contributed by atoms with Crippen molar-refractivity contribution >= 4 is 23.2 Å². The van der Waals surface area contributed by atoms with E-state index >= 15 is 0 Å². The average Bonchev–Trinajstić information content (AvgIpc) is 2.91. The number of nitrogens with zero attached hydrogens (tertiary/aromatic N) is 1. The molecular formula is C16H21NO2S. The summed E-state index contributed by atoms with van der Waals surface area (Å²) in [5.41, 5.74) is 1.28. The van der Waals surface area contributed by atoms with Crippen LogP contribution < -0.4 is 0 Å². The highest BCUT2D eigenvalue weighted by Crippen LogP contribution is 2.44. The third kappa shape index (κ3) is 3.01. The molecule has 1 aromatic rings. The van der Waals surface area contributed by atoms with Crippen molar-refractivity contribution in [1.29, 1.82) is 0 Å². The van der Waals surface area contributed by atoms with E-state index in [9.17, 15) is 4.79 Å². The number of benzene rings is 1. The normalized spacial score (nSPS) is 25.2. The topological polar surface area (TPSA) is 29.5 Å². The molecule has 0 aromatic heterocycles. The van der Waals surface area contributed by atoms with Crippen LogP contribution in [0.4, 0.5) is 0 Å². The van der Waals surface area contributed by atoms with Gasteiger partial charge in [-0.25, -0.2) is 0 Å². The zero-order valence-corrected chi connectivity index (χ0v) is 13.0. The van der Waals surface area contributed by atoms with E-state index in [4.69, 9.17) is 17.0 Å². The number of carbonyl (C=O) groups excluding carboxylic acids is 1. The summed E-state index contributed by atoms with van der Waals surface area (Å²) >= 11 is 5.50. The summed E-state index contributed by atoms with van der Waals surface area (Å²) in [5, 5.41) is 0. The Bertz CT molecular complexity index is 487. The number of hydrogen-bond acceptors (Lipinski definition) is 3. The Balaban J connectivity index is 2.22. The highest BCUT2D eigenvalue weighted by molar-refractivity contribution is 7.80. The van der Waals surface area contributed by atoms with Crippen LogP contribution in [0.1, 0.15) is 24.3 Å². The molecule has 0 bridgehead atoms. The van der Waals surface area contributed by atoms with Gasteiger partial charge >= 0.3 is 5.97 Å². The van der Waals surface area contributed by atoms with Gasteiger partial charge in [0.2, 0.25) is 0 Å². The van der Waals surface area contributed by atoms with Gasteiger partial charge in [0.15, 0.2) is 0 Å². The molecular weight excluding hydrogens is 270 g/mol. The van der Waals surface area contributed by atoms with Gasteiger partial charge in [0, 0.05) is 20.0 Å². The summed E-state index contributed by atoms with van der Waals surface area (Å²) in [6, 6.07) is 10.3. The van der Waals surface area contributed by atoms with Gasteiger partial charge in [-0.1, -0.05) is 42.5 Å². The number of esters is 1. The molecule has 1 aromatic carbocycles. The van der Waals surface area contributed by atoms with Gasteiger partial charge in [0.1, 0.15) is 0 Å². The molecule has 3 nitrogen and oxygen atoms in total. The molecule has 0 aliphatic heterocycles. The van der Waals surface area contributed by atoms with Crippen molar-refractivity contribution in [3.63, 3.8) is 0 Å². The number of ether oxygens (including phenoxy) is 1. The van der Waals surface area contributed by atoms with Gasteiger partial charge in [0.25, 0.3) is 0 Å². The molecule has 1 aliphatic rings. The lowest BCUT2D eigenvalue weighted by molar-refractivity contribution is -0.145. The second-order valence-corrected chi connectivity index (χ2v) is 5.97. The molecule has 1 aliphatic carbocycles. The van der Waals surface area contributed by atoms with Crippen LogP contribution in [0.3, 0.4) is 0 Å². The Morgan fingerprint density at radius 2 is 1.80 bits per heavy atom. The summed E-state index contributed by atoms with van der Waals surface area (Å²) in [5.74, 6) is 0.207. The highest BCUT2D eigenvalue weighted by atomic mass is 32.1. The van der Waals surface area contributed by atoms with Gasteiger partial charge < -0.3 is 9.64 Å². The van der Waals surface area contributed by atoms with E-state index in [-0.39, 0.29) is 17.8 Å². The van der Waals surface area contributed by atoms with Gasteiger partial charge in [-0.05, 0) is 24.3 Å². The van der Waals surface area contributed by atoms with Crippen LogP contribution in [0.5, 0.6) is 0 Å². The first-order valence-corrected chi connectivity index (χ1v) is 7.29. The largest absolute Gasteiger partial charge is 0.469 e. The molecule has 1 saturated carbocycles. The third-order valence-corrected chi connectivity index (χ3v) is 4.76. The molecule has 0 heterocycles. The average molecular weight is 291 g/mol. The molecule has 4 heteroatoms. The van der Waals surface area contributed by atoms with Crippen LogP contribution in [-0.2, 0) is 9.53 Å². The van der Waals surface area contributed by atoms with E-state index in [0.717, 1.165) is 17.8 Å². The summed E-state index contributed by atoms with van der Waals surface area (Å²) in [7, 11) is 5.33. The Hall–Kier alpha value is -1.42. The molecule has 1 fully saturated rings. The second kappa shape index (κ2) is 6.35. The van der Waals surface area contributed by atoms with Crippen LogP contribution in [0, 0.1) is 11.8 Å². The van der Waals surface area contributed by atoms with E-state index in [0.29, 0.717) is 5.92 Å². The lowest BCUT2D eigenvalue weighted by Crippen LogP contribution is -2.33. The summed E-state index contributed by atoms with van der Waals surface area (Å²) in [4.78, 5) is 14.8. The van der Waals surface area contributed by atoms with Gasteiger partial charge in [0.05, 0.1) is 18.0 Å². The van der Waals surface area contributed by atoms with Crippen molar-refractivity contribution in [2.24, 2.45) is 11.8 Å². The smallest absolute Gasteiger partial charge is 0.309 e. The van der Waals surface area contributed by atoms with E-state index in [1.807, 2.05) is 37.2 Å². The van der Waals surface area contributed by atoms with Crippen molar-refractivity contribution in [2.75, 3.05) is 21.2 Å². The molecule has 0 amide bonds. The maximum Gasteiger partial charge on any atom is 0.309 e. The fourth-order valence-corrected chi connectivity index (χ4v) is 3.31. The fourth-order valence-electron chi connectivity index (χ4n) is 3.05. The minimum Gasteiger partial charge on any atom is -0.469 e. The highest BCUT2D eigenvalue weighted by Gasteiger charge is 2.42. The first-order chi connectivity index (χ1) is 9.54. The quantitative estimate of drug-likeness (QED) is 0.632. The van der Waals surface area contributed by atoms with E-state index in [1.54, 1.807) is 0 Å². The number of methoxy groups -OCH3 is 1. The van der Waals surface area contributed by atoms with E-state index < -0.39 is 0 Å². The molecule has 2 rings (SSSR count). The number of hydrogen-bond donors (Lipinski definition) is 0. The summed E-state index contributed by atoms with van der Waals surface area (Å²) in [6.45, 7) is 0. The van der Waals surface area contributed by atoms with Crippen LogP contribution in [0.2, 0.25) is 0 Å². The third-order valence-electron chi connectivity index (χ3n) is 4.10. The van der Waals surface area contributed by atoms with Crippen molar-refractivity contribution in [1.82, 2.24) is 4.90 Å². The van der Waals surface area contributed by atoms with Crippen LogP contribution in [0.25, 0.3) is 0 Å². The lowest BCUT2D eigenvalue weighted by atomic mass is 9.95. The van der Waals surface area contributed by atoms with Gasteiger partial charge in [-0.2, -0.15) is 0 Å². The fraction of sp³-hybridized carbons (Fsp3) is 0.500. The molecule has 0 saturated heterocycles. The zero-order chi connectivity index (χ0) is 14.7. The van der Waals surface area contributed by atoms with Crippen molar-refractivity contribution in [3.05, 3.63) is 35.9 Å². The number of rotatable bonds is 3. The van der Waals surface area contributed by atoms with Crippen LogP contribution >= 0.6 is 12.2 Å². The van der Waals surface area contributed by atoms with Crippen molar-refractivity contribution < 1.29 is 9.53 Å². The molecule has 3 atom stereocenters. The lowest BCUT2D eigenvalue weighted by Gasteiger charge is -2.23. The van der Waals surface area contributed by atoms with Gasteiger partial charge in [-0.3, -0.25) is 4.79 Å². The minimum absolute atomic E-state index is 0.0951. The molecule has 108 valence electrons. The minimum atomic E-state index is -0.141. The van der Waals surface area contributed by atoms with Crippen LogP contribution in [-0.4, -0.2) is 37.1 Å². The number of carbonyl (C=O) groups is 1. The van der Waals surface area contributed by atoms with Crippen LogP contribution in [0.15, 0.2) is 30.3 Å².